The van der Waals surface area contributed by atoms with Crippen LogP contribution in [-0.4, -0.2) is 33.3 Å². The Morgan fingerprint density at radius 3 is 2.74 bits per heavy atom. The van der Waals surface area contributed by atoms with E-state index >= 15 is 0 Å². The lowest BCUT2D eigenvalue weighted by atomic mass is 9.97. The fraction of sp³-hybridized carbons (Fsp3) is 0.538. The van der Waals surface area contributed by atoms with Gasteiger partial charge in [-0.1, -0.05) is 19.0 Å². The lowest BCUT2D eigenvalue weighted by Crippen LogP contribution is -2.39. The number of amidine groups is 1. The monoisotopic (exact) mass is 266 g/mol. The largest absolute Gasteiger partial charge is 0.409 e. The van der Waals surface area contributed by atoms with Gasteiger partial charge in [-0.05, 0) is 30.5 Å². The van der Waals surface area contributed by atoms with Crippen LogP contribution in [0.15, 0.2) is 23.5 Å². The summed E-state index contributed by atoms with van der Waals surface area (Å²) in [7, 11) is 0. The zero-order valence-electron chi connectivity index (χ0n) is 11.4. The molecule has 0 aliphatic carbocycles. The maximum absolute atomic E-state index is 10.1. The summed E-state index contributed by atoms with van der Waals surface area (Å²) in [6, 6.07) is 3.59. The molecule has 0 spiro atoms. The number of nitrogens with one attached hydrogen (secondary N) is 1. The second-order valence-electron chi connectivity index (χ2n) is 4.57. The van der Waals surface area contributed by atoms with Crippen molar-refractivity contribution in [3.8, 4) is 0 Å². The van der Waals surface area contributed by atoms with Crippen molar-refractivity contribution in [3.05, 3.63) is 29.6 Å². The molecule has 0 bridgehead atoms. The van der Waals surface area contributed by atoms with Crippen LogP contribution >= 0.6 is 0 Å². The van der Waals surface area contributed by atoms with Gasteiger partial charge in [0.05, 0.1) is 5.60 Å². The van der Waals surface area contributed by atoms with Crippen molar-refractivity contribution in [2.45, 2.75) is 38.8 Å². The molecule has 0 atom stereocenters. The van der Waals surface area contributed by atoms with E-state index in [0.717, 1.165) is 5.56 Å². The Bertz CT molecular complexity index is 430. The van der Waals surface area contributed by atoms with Crippen molar-refractivity contribution in [3.63, 3.8) is 0 Å². The molecule has 0 radical (unpaired) electrons. The molecule has 1 rings (SSSR count). The van der Waals surface area contributed by atoms with Crippen molar-refractivity contribution in [1.29, 1.82) is 0 Å². The minimum absolute atomic E-state index is 0.0135. The Labute approximate surface area is 113 Å². The summed E-state index contributed by atoms with van der Waals surface area (Å²) < 4.78 is 0. The van der Waals surface area contributed by atoms with Crippen LogP contribution in [0.4, 0.5) is 0 Å². The van der Waals surface area contributed by atoms with Crippen molar-refractivity contribution in [2.24, 2.45) is 10.9 Å². The molecule has 6 heteroatoms. The second-order valence-corrected chi connectivity index (χ2v) is 4.57. The molecule has 5 N–H and O–H groups in total. The summed E-state index contributed by atoms with van der Waals surface area (Å²) in [5.74, 6) is -0.0135. The van der Waals surface area contributed by atoms with E-state index in [1.165, 1.54) is 0 Å². The van der Waals surface area contributed by atoms with E-state index < -0.39 is 5.60 Å². The number of aliphatic hydroxyl groups is 1. The first-order valence-electron chi connectivity index (χ1n) is 6.40. The molecule has 0 saturated heterocycles. The number of oxime groups is 1. The summed E-state index contributed by atoms with van der Waals surface area (Å²) >= 11 is 0. The molecular weight excluding hydrogens is 244 g/mol. The molecule has 0 aliphatic heterocycles. The van der Waals surface area contributed by atoms with Crippen LogP contribution in [0.2, 0.25) is 0 Å². The van der Waals surface area contributed by atoms with E-state index in [9.17, 15) is 5.11 Å². The van der Waals surface area contributed by atoms with Crippen LogP contribution in [0.25, 0.3) is 0 Å². The van der Waals surface area contributed by atoms with Crippen LogP contribution in [-0.2, 0) is 6.54 Å². The Balaban J connectivity index is 2.59. The van der Waals surface area contributed by atoms with Gasteiger partial charge in [0, 0.05) is 19.3 Å². The molecular formula is C13H22N4O2. The lowest BCUT2D eigenvalue weighted by Gasteiger charge is -2.25. The van der Waals surface area contributed by atoms with Crippen molar-refractivity contribution < 1.29 is 10.3 Å². The van der Waals surface area contributed by atoms with Gasteiger partial charge in [-0.25, -0.2) is 0 Å². The smallest absolute Gasteiger partial charge is 0.188 e. The van der Waals surface area contributed by atoms with Gasteiger partial charge in [0.2, 0.25) is 0 Å². The SMILES string of the molecule is CCC(O)(CC)CNCc1ccnc(C(N)=NO)c1. The number of nitrogens with two attached hydrogens (primary N) is 1. The number of pyridine rings is 1. The molecule has 1 heterocycles. The van der Waals surface area contributed by atoms with E-state index in [-0.39, 0.29) is 5.84 Å². The first-order valence-corrected chi connectivity index (χ1v) is 6.40. The molecule has 1 aromatic rings. The predicted molar refractivity (Wildman–Crippen MR) is 74.0 cm³/mol. The van der Waals surface area contributed by atoms with Gasteiger partial charge in [-0.15, -0.1) is 0 Å². The minimum Gasteiger partial charge on any atom is -0.409 e. The molecule has 0 aromatic carbocycles. The summed E-state index contributed by atoms with van der Waals surface area (Å²) in [5.41, 5.74) is 6.21. The Morgan fingerprint density at radius 2 is 2.16 bits per heavy atom. The van der Waals surface area contributed by atoms with Crippen molar-refractivity contribution in [1.82, 2.24) is 10.3 Å². The van der Waals surface area contributed by atoms with Crippen LogP contribution in [0.5, 0.6) is 0 Å². The predicted octanol–water partition coefficient (Wildman–Crippen LogP) is 0.817. The van der Waals surface area contributed by atoms with E-state index in [0.29, 0.717) is 31.6 Å². The molecule has 0 aliphatic rings. The molecule has 6 nitrogen and oxygen atoms in total. The highest BCUT2D eigenvalue weighted by Crippen LogP contribution is 2.13. The van der Waals surface area contributed by atoms with Gasteiger partial charge in [0.15, 0.2) is 5.84 Å². The number of nitrogens with zero attached hydrogens (tertiary/aromatic N) is 2. The average molecular weight is 266 g/mol. The summed E-state index contributed by atoms with van der Waals surface area (Å²) in [6.07, 6.45) is 3.03. The molecule has 0 saturated carbocycles. The zero-order chi connectivity index (χ0) is 14.3. The second kappa shape index (κ2) is 7.06. The molecule has 0 amide bonds. The van der Waals surface area contributed by atoms with Gasteiger partial charge >= 0.3 is 0 Å². The average Bonchev–Trinajstić information content (AvgIpc) is 2.46. The number of rotatable bonds is 7. The summed E-state index contributed by atoms with van der Waals surface area (Å²) in [4.78, 5) is 4.01. The standard InChI is InChI=1S/C13H22N4O2/c1-3-13(18,4-2)9-15-8-10-5-6-16-11(7-10)12(14)17-19/h5-7,15,18-19H,3-4,8-9H2,1-2H3,(H2,14,17). The fourth-order valence-electron chi connectivity index (χ4n) is 1.72. The van der Waals surface area contributed by atoms with Crippen molar-refractivity contribution in [2.75, 3.05) is 6.54 Å². The molecule has 1 aromatic heterocycles. The van der Waals surface area contributed by atoms with Crippen LogP contribution in [0.3, 0.4) is 0 Å². The number of hydrogen-bond acceptors (Lipinski definition) is 5. The fourth-order valence-corrected chi connectivity index (χ4v) is 1.72. The van der Waals surface area contributed by atoms with E-state index in [2.05, 4.69) is 15.5 Å². The molecule has 0 fully saturated rings. The van der Waals surface area contributed by atoms with Crippen LogP contribution in [0.1, 0.15) is 37.9 Å². The van der Waals surface area contributed by atoms with Crippen molar-refractivity contribution >= 4 is 5.84 Å². The first kappa shape index (κ1) is 15.4. The van der Waals surface area contributed by atoms with Crippen LogP contribution in [0, 0.1) is 0 Å². The zero-order valence-corrected chi connectivity index (χ0v) is 11.4. The maximum Gasteiger partial charge on any atom is 0.188 e. The normalized spacial score (nSPS) is 12.7. The van der Waals surface area contributed by atoms with Gasteiger partial charge in [-0.2, -0.15) is 0 Å². The minimum atomic E-state index is -0.665. The number of hydrogen-bond donors (Lipinski definition) is 4. The molecule has 0 unspecified atom stereocenters. The summed E-state index contributed by atoms with van der Waals surface area (Å²) in [5, 5.41) is 24.9. The summed E-state index contributed by atoms with van der Waals surface area (Å²) in [6.45, 7) is 5.06. The number of aromatic nitrogens is 1. The van der Waals surface area contributed by atoms with Gasteiger partial charge in [-0.3, -0.25) is 4.98 Å². The Kier molecular flexibility index (Phi) is 5.72. The van der Waals surface area contributed by atoms with Gasteiger partial charge in [0.25, 0.3) is 0 Å². The van der Waals surface area contributed by atoms with E-state index in [4.69, 9.17) is 10.9 Å². The molecule has 19 heavy (non-hydrogen) atoms. The highest BCUT2D eigenvalue weighted by molar-refractivity contribution is 5.95. The highest BCUT2D eigenvalue weighted by atomic mass is 16.4. The quantitative estimate of drug-likeness (QED) is 0.253. The Hall–Kier alpha value is -1.66. The first-order chi connectivity index (χ1) is 9.04. The van der Waals surface area contributed by atoms with E-state index in [1.807, 2.05) is 19.9 Å². The van der Waals surface area contributed by atoms with Gasteiger partial charge < -0.3 is 21.4 Å². The van der Waals surface area contributed by atoms with E-state index in [1.54, 1.807) is 12.3 Å². The lowest BCUT2D eigenvalue weighted by molar-refractivity contribution is 0.0323. The third-order valence-corrected chi connectivity index (χ3v) is 3.29. The van der Waals surface area contributed by atoms with Crippen LogP contribution < -0.4 is 11.1 Å². The van der Waals surface area contributed by atoms with Gasteiger partial charge in [0.1, 0.15) is 5.69 Å². The molecule has 106 valence electrons. The highest BCUT2D eigenvalue weighted by Gasteiger charge is 2.21. The topological polar surface area (TPSA) is 104 Å². The maximum atomic E-state index is 10.1. The Morgan fingerprint density at radius 1 is 1.47 bits per heavy atom. The third-order valence-electron chi connectivity index (χ3n) is 3.29. The third kappa shape index (κ3) is 4.50.